The summed E-state index contributed by atoms with van der Waals surface area (Å²) in [5.74, 6) is 0.792. The zero-order valence-corrected chi connectivity index (χ0v) is 13.8. The number of benzene rings is 2. The minimum atomic E-state index is -0.363. The molecule has 0 aliphatic carbocycles. The fourth-order valence-electron chi connectivity index (χ4n) is 2.09. The maximum atomic E-state index is 9.44. The first-order chi connectivity index (χ1) is 10.0. The molecule has 0 saturated heterocycles. The van der Waals surface area contributed by atoms with Crippen molar-refractivity contribution in [3.63, 3.8) is 0 Å². The van der Waals surface area contributed by atoms with Crippen molar-refractivity contribution in [1.82, 2.24) is 0 Å². The minimum Gasteiger partial charge on any atom is -0.489 e. The third kappa shape index (κ3) is 4.73. The molecule has 0 aliphatic rings. The zero-order valence-electron chi connectivity index (χ0n) is 13.0. The molecule has 0 bridgehead atoms. The smallest absolute Gasteiger partial charge is 0.120 e. The van der Waals surface area contributed by atoms with Crippen LogP contribution in [0, 0.1) is 5.41 Å². The predicted octanol–water partition coefficient (Wildman–Crippen LogP) is 3.71. The van der Waals surface area contributed by atoms with Gasteiger partial charge in [0.05, 0.1) is 0 Å². The molecule has 2 aromatic rings. The molecule has 0 radical (unpaired) electrons. The third-order valence-electron chi connectivity index (χ3n) is 3.71. The summed E-state index contributed by atoms with van der Waals surface area (Å²) in [6, 6.07) is 17.6. The normalized spacial score (nSPS) is 12.4. The Balaban J connectivity index is 0.00000242. The van der Waals surface area contributed by atoms with Crippen LogP contribution < -0.4 is 10.5 Å². The van der Waals surface area contributed by atoms with Gasteiger partial charge in [-0.15, -0.1) is 12.4 Å². The van der Waals surface area contributed by atoms with Crippen molar-refractivity contribution < 1.29 is 9.84 Å². The van der Waals surface area contributed by atoms with E-state index in [0.717, 1.165) is 16.9 Å². The number of aliphatic hydroxyl groups excluding tert-OH is 1. The quantitative estimate of drug-likeness (QED) is 0.853. The Labute approximate surface area is 138 Å². The average Bonchev–Trinajstić information content (AvgIpc) is 2.53. The molecule has 0 spiro atoms. The third-order valence-corrected chi connectivity index (χ3v) is 3.71. The lowest BCUT2D eigenvalue weighted by molar-refractivity contribution is 0.132. The summed E-state index contributed by atoms with van der Waals surface area (Å²) >= 11 is 0. The fourth-order valence-corrected chi connectivity index (χ4v) is 2.09. The maximum absolute atomic E-state index is 9.44. The van der Waals surface area contributed by atoms with Gasteiger partial charge in [-0.3, -0.25) is 0 Å². The number of nitrogens with two attached hydrogens (primary N) is 1. The molecule has 22 heavy (non-hydrogen) atoms. The molecule has 0 aromatic heterocycles. The maximum Gasteiger partial charge on any atom is 0.120 e. The van der Waals surface area contributed by atoms with Gasteiger partial charge in [-0.05, 0) is 23.3 Å². The van der Waals surface area contributed by atoms with Crippen molar-refractivity contribution in [2.45, 2.75) is 26.5 Å². The second-order valence-corrected chi connectivity index (χ2v) is 5.97. The van der Waals surface area contributed by atoms with E-state index < -0.39 is 0 Å². The second-order valence-electron chi connectivity index (χ2n) is 5.97. The first-order valence-corrected chi connectivity index (χ1v) is 7.16. The van der Waals surface area contributed by atoms with Crippen LogP contribution in [0.3, 0.4) is 0 Å². The van der Waals surface area contributed by atoms with E-state index in [1.165, 1.54) is 0 Å². The van der Waals surface area contributed by atoms with Crippen molar-refractivity contribution in [2.75, 3.05) is 6.61 Å². The highest BCUT2D eigenvalue weighted by molar-refractivity contribution is 5.85. The van der Waals surface area contributed by atoms with Crippen LogP contribution in [0.1, 0.15) is 31.0 Å². The molecule has 0 unspecified atom stereocenters. The summed E-state index contributed by atoms with van der Waals surface area (Å²) < 4.78 is 5.81. The van der Waals surface area contributed by atoms with Gasteiger partial charge in [-0.25, -0.2) is 0 Å². The van der Waals surface area contributed by atoms with Crippen molar-refractivity contribution in [3.8, 4) is 5.75 Å². The molecule has 4 heteroatoms. The lowest BCUT2D eigenvalue weighted by Gasteiger charge is -2.29. The summed E-state index contributed by atoms with van der Waals surface area (Å²) in [4.78, 5) is 0. The van der Waals surface area contributed by atoms with E-state index in [1.54, 1.807) is 0 Å². The molecule has 0 fully saturated rings. The fraction of sp³-hybridized carbons (Fsp3) is 0.333. The summed E-state index contributed by atoms with van der Waals surface area (Å²) in [7, 11) is 0. The SMILES string of the molecule is CC(C)(CO)[C@@H](N)c1cccc(OCc2ccccc2)c1.Cl. The standard InChI is InChI=1S/C18H23NO2.ClH/c1-18(2,13-20)17(19)15-9-6-10-16(11-15)21-12-14-7-4-3-5-8-14;/h3-11,17,20H,12-13,19H2,1-2H3;1H/t17-;/m0./s1. The molecule has 3 nitrogen and oxygen atoms in total. The Morgan fingerprint density at radius 3 is 2.41 bits per heavy atom. The number of hydrogen-bond acceptors (Lipinski definition) is 3. The Morgan fingerprint density at radius 2 is 1.77 bits per heavy atom. The molecule has 0 saturated carbocycles. The van der Waals surface area contributed by atoms with Gasteiger partial charge < -0.3 is 15.6 Å². The number of rotatable bonds is 6. The van der Waals surface area contributed by atoms with E-state index in [4.69, 9.17) is 10.5 Å². The van der Waals surface area contributed by atoms with Gasteiger partial charge in [0.1, 0.15) is 12.4 Å². The Kier molecular flexibility index (Phi) is 6.88. The molecule has 2 aromatic carbocycles. The number of hydrogen-bond donors (Lipinski definition) is 2. The van der Waals surface area contributed by atoms with Crippen molar-refractivity contribution in [2.24, 2.45) is 11.1 Å². The van der Waals surface area contributed by atoms with Gasteiger partial charge in [0.2, 0.25) is 0 Å². The molecule has 0 amide bonds. The van der Waals surface area contributed by atoms with Crippen LogP contribution in [-0.4, -0.2) is 11.7 Å². The highest BCUT2D eigenvalue weighted by atomic mass is 35.5. The summed E-state index contributed by atoms with van der Waals surface area (Å²) in [5.41, 5.74) is 7.98. The highest BCUT2D eigenvalue weighted by Crippen LogP contribution is 2.32. The molecule has 2 rings (SSSR count). The van der Waals surface area contributed by atoms with E-state index in [0.29, 0.717) is 6.61 Å². The van der Waals surface area contributed by atoms with E-state index in [-0.39, 0.29) is 30.5 Å². The van der Waals surface area contributed by atoms with E-state index in [9.17, 15) is 5.11 Å². The van der Waals surface area contributed by atoms with E-state index >= 15 is 0 Å². The minimum absolute atomic E-state index is 0. The number of ether oxygens (including phenoxy) is 1. The molecule has 0 aliphatic heterocycles. The van der Waals surface area contributed by atoms with E-state index in [2.05, 4.69) is 0 Å². The van der Waals surface area contributed by atoms with Crippen molar-refractivity contribution >= 4 is 12.4 Å². The zero-order chi connectivity index (χ0) is 15.3. The van der Waals surface area contributed by atoms with Crippen molar-refractivity contribution in [1.29, 1.82) is 0 Å². The number of halogens is 1. The monoisotopic (exact) mass is 321 g/mol. The lowest BCUT2D eigenvalue weighted by atomic mass is 9.82. The Bertz CT molecular complexity index is 572. The van der Waals surface area contributed by atoms with Crippen LogP contribution in [0.15, 0.2) is 54.6 Å². The summed E-state index contributed by atoms with van der Waals surface area (Å²) in [6.07, 6.45) is 0. The molecule has 1 atom stereocenters. The Morgan fingerprint density at radius 1 is 1.09 bits per heavy atom. The van der Waals surface area contributed by atoms with Gasteiger partial charge in [-0.2, -0.15) is 0 Å². The van der Waals surface area contributed by atoms with Crippen LogP contribution in [0.25, 0.3) is 0 Å². The molecular formula is C18H24ClNO2. The molecule has 0 heterocycles. The first-order valence-electron chi connectivity index (χ1n) is 7.16. The van der Waals surface area contributed by atoms with Crippen LogP contribution >= 0.6 is 12.4 Å². The van der Waals surface area contributed by atoms with Gasteiger partial charge in [-0.1, -0.05) is 56.3 Å². The van der Waals surface area contributed by atoms with Crippen LogP contribution in [0.5, 0.6) is 5.75 Å². The lowest BCUT2D eigenvalue weighted by Crippen LogP contribution is -2.32. The predicted molar refractivity (Wildman–Crippen MR) is 92.3 cm³/mol. The van der Waals surface area contributed by atoms with Gasteiger partial charge >= 0.3 is 0 Å². The van der Waals surface area contributed by atoms with Crippen LogP contribution in [0.4, 0.5) is 0 Å². The average molecular weight is 322 g/mol. The van der Waals surface area contributed by atoms with Gasteiger partial charge in [0.15, 0.2) is 0 Å². The number of aliphatic hydroxyl groups is 1. The van der Waals surface area contributed by atoms with E-state index in [1.807, 2.05) is 68.4 Å². The highest BCUT2D eigenvalue weighted by Gasteiger charge is 2.27. The first kappa shape index (κ1) is 18.5. The summed E-state index contributed by atoms with van der Waals surface area (Å²) in [6.45, 7) is 4.48. The van der Waals surface area contributed by atoms with Gasteiger partial charge in [0, 0.05) is 18.1 Å². The molecular weight excluding hydrogens is 298 g/mol. The Hall–Kier alpha value is -1.55. The molecule has 3 N–H and O–H groups in total. The second kappa shape index (κ2) is 8.18. The van der Waals surface area contributed by atoms with Crippen LogP contribution in [0.2, 0.25) is 0 Å². The van der Waals surface area contributed by atoms with Crippen LogP contribution in [-0.2, 0) is 6.61 Å². The van der Waals surface area contributed by atoms with Gasteiger partial charge in [0.25, 0.3) is 0 Å². The van der Waals surface area contributed by atoms with Crippen molar-refractivity contribution in [3.05, 3.63) is 65.7 Å². The topological polar surface area (TPSA) is 55.5 Å². The molecule has 120 valence electrons. The summed E-state index contributed by atoms with van der Waals surface area (Å²) in [5, 5.41) is 9.44. The largest absolute Gasteiger partial charge is 0.489 e.